The predicted octanol–water partition coefficient (Wildman–Crippen LogP) is 3.09. The summed E-state index contributed by atoms with van der Waals surface area (Å²) in [6, 6.07) is 63.8. The third kappa shape index (κ3) is 11.1. The Kier molecular flexibility index (Phi) is 17.8. The second-order valence-electron chi connectivity index (χ2n) is 15.6. The van der Waals surface area contributed by atoms with E-state index in [2.05, 4.69) is 0 Å². The van der Waals surface area contributed by atoms with Gasteiger partial charge in [-0.1, -0.05) is 243 Å². The van der Waals surface area contributed by atoms with Crippen molar-refractivity contribution in [3.05, 3.63) is 287 Å². The van der Waals surface area contributed by atoms with Gasteiger partial charge in [-0.25, -0.2) is 14.4 Å². The molecule has 0 unspecified atom stereocenters. The number of benzene rings is 8. The maximum absolute atomic E-state index is 14.2. The zero-order valence-corrected chi connectivity index (χ0v) is 40.8. The van der Waals surface area contributed by atoms with Crippen molar-refractivity contribution in [1.82, 2.24) is 0 Å². The van der Waals surface area contributed by atoms with Gasteiger partial charge in [0.1, 0.15) is 0 Å². The van der Waals surface area contributed by atoms with Crippen LogP contribution in [0.25, 0.3) is 0 Å². The number of aliphatic carboxylic acids is 1. The van der Waals surface area contributed by atoms with Crippen LogP contribution in [0.15, 0.2) is 243 Å². The Morgan fingerprint density at radius 3 is 0.586 bits per heavy atom. The number of carbonyl (C=O) groups excluding carboxylic acids is 4. The molecule has 0 aliphatic rings. The summed E-state index contributed by atoms with van der Waals surface area (Å²) in [4.78, 5) is 54.0. The molecule has 0 aliphatic heterocycles. The Balaban J connectivity index is 0.000000376. The molecule has 70 heavy (non-hydrogen) atoms. The molecule has 0 heterocycles. The van der Waals surface area contributed by atoms with Crippen LogP contribution in [0.5, 0.6) is 0 Å². The van der Waals surface area contributed by atoms with Crippen LogP contribution in [-0.2, 0) is 55.5 Å². The molecule has 344 valence electrons. The van der Waals surface area contributed by atoms with Crippen molar-refractivity contribution in [3.8, 4) is 0 Å². The largest absolute Gasteiger partial charge is 1.00 e. The average molecular weight is 959 g/mol. The number of aliphatic hydroxyl groups is 4. The van der Waals surface area contributed by atoms with E-state index in [0.717, 1.165) is 0 Å². The molecular weight excluding hydrogens is 915 g/mol. The molecule has 0 aliphatic carbocycles. The van der Waals surface area contributed by atoms with Crippen molar-refractivity contribution in [2.24, 2.45) is 0 Å². The van der Waals surface area contributed by atoms with E-state index >= 15 is 0 Å². The summed E-state index contributed by atoms with van der Waals surface area (Å²) >= 11 is 0. The third-order valence-corrected chi connectivity index (χ3v) is 11.3. The first-order valence-corrected chi connectivity index (χ1v) is 21.5. The van der Waals surface area contributed by atoms with Gasteiger partial charge in [0.2, 0.25) is 16.8 Å². The van der Waals surface area contributed by atoms with E-state index in [1.54, 1.807) is 170 Å². The van der Waals surface area contributed by atoms with Crippen molar-refractivity contribution in [2.75, 3.05) is 0 Å². The van der Waals surface area contributed by atoms with Gasteiger partial charge in [-0.3, -0.25) is 0 Å². The number of carboxylic acid groups (broad SMARTS) is 1. The minimum absolute atomic E-state index is 0. The summed E-state index contributed by atoms with van der Waals surface area (Å²) in [6.07, 6.45) is 0. The standard InChI is InChI=1S/C42H33BO9.C14H12O3.K/c44-37(40(47,31-19-7-1-8-20-31)32-21-9-2-10-22-32)50-43(51-38(45)41(48,33-23-11-3-12-24-33)34-25-13-4-14-26-34)52-39(46)42(49,35-27-15-5-16-28-35)36-29-17-6-18-30-36;15-13(16)14(17,11-7-3-1-4-8-11)12-9-5-2-6-10-12;/h1-30,47-49H;1-10,17H,(H,15,16);/q;;+1/p-1. The predicted molar refractivity (Wildman–Crippen MR) is 253 cm³/mol. The first-order chi connectivity index (χ1) is 33.3. The smallest absolute Gasteiger partial charge is 0.546 e. The van der Waals surface area contributed by atoms with Crippen LogP contribution in [-0.4, -0.2) is 51.6 Å². The molecule has 0 spiro atoms. The maximum atomic E-state index is 14.2. The molecule has 0 radical (unpaired) electrons. The number of hydrogen-bond donors (Lipinski definition) is 4. The fraction of sp³-hybridized carbons (Fsp3) is 0.0714. The van der Waals surface area contributed by atoms with Crippen LogP contribution in [0, 0.1) is 0 Å². The summed E-state index contributed by atoms with van der Waals surface area (Å²) in [7, 11) is -2.54. The Hall–Kier alpha value is -6.82. The van der Waals surface area contributed by atoms with E-state index in [9.17, 15) is 44.7 Å². The van der Waals surface area contributed by atoms with Crippen LogP contribution >= 0.6 is 0 Å². The van der Waals surface area contributed by atoms with E-state index < -0.39 is 53.6 Å². The molecule has 0 bridgehead atoms. The van der Waals surface area contributed by atoms with Gasteiger partial charge in [0.05, 0.1) is 5.97 Å². The zero-order valence-electron chi connectivity index (χ0n) is 37.7. The molecule has 12 nitrogen and oxygen atoms in total. The van der Waals surface area contributed by atoms with Crippen LogP contribution < -0.4 is 56.5 Å². The van der Waals surface area contributed by atoms with Crippen LogP contribution in [0.1, 0.15) is 44.5 Å². The summed E-state index contributed by atoms with van der Waals surface area (Å²) < 4.78 is 16.8. The molecular formula is C56H44BKO12. The van der Waals surface area contributed by atoms with E-state index in [0.29, 0.717) is 0 Å². The Morgan fingerprint density at radius 1 is 0.300 bits per heavy atom. The number of hydrogen-bond acceptors (Lipinski definition) is 12. The topological polar surface area (TPSA) is 200 Å². The van der Waals surface area contributed by atoms with Gasteiger partial charge in [0.25, 0.3) is 0 Å². The van der Waals surface area contributed by atoms with E-state index in [1.165, 1.54) is 72.8 Å². The first-order valence-electron chi connectivity index (χ1n) is 21.5. The first kappa shape index (κ1) is 52.6. The van der Waals surface area contributed by atoms with Crippen molar-refractivity contribution < 1.29 is 110 Å². The van der Waals surface area contributed by atoms with E-state index in [1.807, 2.05) is 0 Å². The summed E-state index contributed by atoms with van der Waals surface area (Å²) in [5, 5.41) is 58.0. The van der Waals surface area contributed by atoms with Crippen molar-refractivity contribution in [1.29, 1.82) is 0 Å². The summed E-state index contributed by atoms with van der Waals surface area (Å²) in [5.74, 6) is -5.70. The van der Waals surface area contributed by atoms with Crippen LogP contribution in [0.2, 0.25) is 0 Å². The van der Waals surface area contributed by atoms with Crippen molar-refractivity contribution >= 4 is 31.2 Å². The number of carboxylic acids is 1. The van der Waals surface area contributed by atoms with Crippen LogP contribution in [0.4, 0.5) is 0 Å². The maximum Gasteiger partial charge on any atom is 1.00 e. The Bertz CT molecular complexity index is 2540. The molecule has 0 fully saturated rings. The molecule has 8 aromatic rings. The number of carbonyl (C=O) groups is 4. The monoisotopic (exact) mass is 958 g/mol. The van der Waals surface area contributed by atoms with Gasteiger partial charge < -0.3 is 44.3 Å². The normalized spacial score (nSPS) is 11.3. The van der Waals surface area contributed by atoms with Gasteiger partial charge in [-0.2, -0.15) is 0 Å². The van der Waals surface area contributed by atoms with Crippen molar-refractivity contribution in [3.63, 3.8) is 0 Å². The average Bonchev–Trinajstić information content (AvgIpc) is 3.41. The van der Waals surface area contributed by atoms with Gasteiger partial charge in [0, 0.05) is 0 Å². The van der Waals surface area contributed by atoms with Gasteiger partial charge >= 0.3 is 76.6 Å². The third-order valence-electron chi connectivity index (χ3n) is 11.3. The molecule has 0 amide bonds. The van der Waals surface area contributed by atoms with Crippen molar-refractivity contribution in [2.45, 2.75) is 22.4 Å². The number of rotatable bonds is 15. The molecule has 4 N–H and O–H groups in total. The molecule has 0 aromatic heterocycles. The van der Waals surface area contributed by atoms with Gasteiger partial charge in [-0.05, 0) is 44.5 Å². The molecule has 0 atom stereocenters. The minimum atomic E-state index is -2.54. The molecule has 8 rings (SSSR count). The second-order valence-corrected chi connectivity index (χ2v) is 15.6. The fourth-order valence-corrected chi connectivity index (χ4v) is 7.63. The molecule has 14 heteroatoms. The summed E-state index contributed by atoms with van der Waals surface area (Å²) in [5.41, 5.74) is -8.46. The minimum Gasteiger partial charge on any atom is -0.546 e. The summed E-state index contributed by atoms with van der Waals surface area (Å²) in [6.45, 7) is 0. The van der Waals surface area contributed by atoms with E-state index in [4.69, 9.17) is 14.0 Å². The molecule has 0 saturated heterocycles. The van der Waals surface area contributed by atoms with Gasteiger partial charge in [-0.15, -0.1) is 0 Å². The fourth-order valence-electron chi connectivity index (χ4n) is 7.63. The van der Waals surface area contributed by atoms with Gasteiger partial charge in [0.15, 0.2) is 5.60 Å². The molecule has 0 saturated carbocycles. The Morgan fingerprint density at radius 2 is 0.443 bits per heavy atom. The van der Waals surface area contributed by atoms with E-state index in [-0.39, 0.29) is 95.9 Å². The molecule has 8 aromatic carbocycles. The zero-order chi connectivity index (χ0) is 48.9. The SMILES string of the molecule is O=C(OB(OC(=O)C(O)(c1ccccc1)c1ccccc1)OC(=O)C(O)(c1ccccc1)c1ccccc1)C(O)(c1ccccc1)c1ccccc1.O=C([O-])C(O)(c1ccccc1)c1ccccc1.[K+]. The second kappa shape index (κ2) is 23.7. The quantitative estimate of drug-likeness (QED) is 0.110. The van der Waals surface area contributed by atoms with Crippen LogP contribution in [0.3, 0.4) is 0 Å². The Labute approximate surface area is 447 Å².